The fourth-order valence-corrected chi connectivity index (χ4v) is 2.50. The molecule has 0 saturated carbocycles. The van der Waals surface area contributed by atoms with E-state index < -0.39 is 0 Å². The van der Waals surface area contributed by atoms with Crippen molar-refractivity contribution >= 4 is 34.8 Å². The maximum Gasteiger partial charge on any atom is 0.238 e. The van der Waals surface area contributed by atoms with Crippen molar-refractivity contribution in [3.05, 3.63) is 28.2 Å². The van der Waals surface area contributed by atoms with Gasteiger partial charge in [-0.15, -0.1) is 0 Å². The van der Waals surface area contributed by atoms with E-state index in [9.17, 15) is 4.79 Å². The van der Waals surface area contributed by atoms with Crippen LogP contribution in [0.25, 0.3) is 0 Å². The van der Waals surface area contributed by atoms with Gasteiger partial charge in [-0.25, -0.2) is 0 Å². The molecule has 1 aromatic rings. The lowest BCUT2D eigenvalue weighted by atomic mass is 10.3. The number of hydrogen-bond donors (Lipinski definition) is 2. The van der Waals surface area contributed by atoms with Gasteiger partial charge < -0.3 is 10.6 Å². The van der Waals surface area contributed by atoms with Crippen LogP contribution in [-0.2, 0) is 4.79 Å². The predicted molar refractivity (Wildman–Crippen MR) is 79.0 cm³/mol. The number of hydrogen-bond acceptors (Lipinski definition) is 3. The van der Waals surface area contributed by atoms with Crippen LogP contribution in [0.2, 0.25) is 10.0 Å². The highest BCUT2D eigenvalue weighted by atomic mass is 35.5. The van der Waals surface area contributed by atoms with E-state index in [0.717, 1.165) is 32.6 Å². The smallest absolute Gasteiger partial charge is 0.238 e. The zero-order chi connectivity index (χ0) is 13.7. The van der Waals surface area contributed by atoms with Crippen molar-refractivity contribution in [2.45, 2.75) is 6.42 Å². The summed E-state index contributed by atoms with van der Waals surface area (Å²) in [4.78, 5) is 14.1. The molecule has 2 N–H and O–H groups in total. The first-order valence-electron chi connectivity index (χ1n) is 6.33. The van der Waals surface area contributed by atoms with E-state index in [1.807, 2.05) is 0 Å². The van der Waals surface area contributed by atoms with Gasteiger partial charge in [-0.1, -0.05) is 23.2 Å². The summed E-state index contributed by atoms with van der Waals surface area (Å²) >= 11 is 11.8. The van der Waals surface area contributed by atoms with Crippen LogP contribution in [0.1, 0.15) is 6.42 Å². The minimum Gasteiger partial charge on any atom is -0.324 e. The highest BCUT2D eigenvalue weighted by Gasteiger charge is 2.13. The third-order valence-corrected chi connectivity index (χ3v) is 3.55. The molecular weight excluding hydrogens is 285 g/mol. The Bertz CT molecular complexity index is 446. The maximum absolute atomic E-state index is 12.0. The van der Waals surface area contributed by atoms with Gasteiger partial charge in [0.1, 0.15) is 0 Å². The number of nitrogens with one attached hydrogen (secondary N) is 2. The van der Waals surface area contributed by atoms with E-state index in [0.29, 0.717) is 22.3 Å². The molecule has 1 aromatic carbocycles. The van der Waals surface area contributed by atoms with Gasteiger partial charge in [-0.05, 0) is 37.7 Å². The standard InChI is InChI=1S/C13H17Cl2N3O/c14-10-2-3-12(11(15)8-10)17-13(19)9-18-6-1-4-16-5-7-18/h2-3,8,16H,1,4-7,9H2,(H,17,19). The summed E-state index contributed by atoms with van der Waals surface area (Å²) < 4.78 is 0. The number of halogens is 2. The van der Waals surface area contributed by atoms with Crippen LogP contribution in [0.5, 0.6) is 0 Å². The summed E-state index contributed by atoms with van der Waals surface area (Å²) in [5, 5.41) is 7.13. The fraction of sp³-hybridized carbons (Fsp3) is 0.462. The highest BCUT2D eigenvalue weighted by Crippen LogP contribution is 2.25. The van der Waals surface area contributed by atoms with E-state index in [1.54, 1.807) is 18.2 Å². The molecule has 2 rings (SSSR count). The van der Waals surface area contributed by atoms with Crippen LogP contribution in [-0.4, -0.2) is 43.5 Å². The summed E-state index contributed by atoms with van der Waals surface area (Å²) in [6.45, 7) is 4.16. The van der Waals surface area contributed by atoms with Crippen LogP contribution in [0, 0.1) is 0 Å². The third-order valence-electron chi connectivity index (χ3n) is 3.01. The molecule has 0 bridgehead atoms. The normalized spacial score (nSPS) is 16.9. The van der Waals surface area contributed by atoms with E-state index in [1.165, 1.54) is 0 Å². The van der Waals surface area contributed by atoms with Crippen molar-refractivity contribution in [3.63, 3.8) is 0 Å². The quantitative estimate of drug-likeness (QED) is 0.900. The summed E-state index contributed by atoms with van der Waals surface area (Å²) in [6.07, 6.45) is 1.06. The summed E-state index contributed by atoms with van der Waals surface area (Å²) in [5.74, 6) is -0.0499. The van der Waals surface area contributed by atoms with Crippen LogP contribution in [0.15, 0.2) is 18.2 Å². The van der Waals surface area contributed by atoms with Crippen LogP contribution in [0.3, 0.4) is 0 Å². The van der Waals surface area contributed by atoms with Crippen molar-refractivity contribution in [2.24, 2.45) is 0 Å². The van der Waals surface area contributed by atoms with E-state index >= 15 is 0 Å². The van der Waals surface area contributed by atoms with Crippen molar-refractivity contribution in [1.82, 2.24) is 10.2 Å². The summed E-state index contributed by atoms with van der Waals surface area (Å²) in [6, 6.07) is 5.04. The molecule has 1 saturated heterocycles. The first kappa shape index (κ1) is 14.6. The molecule has 104 valence electrons. The second kappa shape index (κ2) is 7.10. The minimum absolute atomic E-state index is 0.0499. The van der Waals surface area contributed by atoms with Crippen molar-refractivity contribution in [2.75, 3.05) is 38.0 Å². The van der Waals surface area contributed by atoms with Crippen molar-refractivity contribution in [3.8, 4) is 0 Å². The molecule has 0 radical (unpaired) electrons. The molecule has 1 fully saturated rings. The molecule has 0 unspecified atom stereocenters. The Balaban J connectivity index is 1.89. The number of amides is 1. The number of carbonyl (C=O) groups is 1. The number of anilines is 1. The molecule has 0 spiro atoms. The van der Waals surface area contributed by atoms with Gasteiger partial charge in [0.25, 0.3) is 0 Å². The lowest BCUT2D eigenvalue weighted by Gasteiger charge is -2.18. The zero-order valence-corrected chi connectivity index (χ0v) is 12.1. The van der Waals surface area contributed by atoms with E-state index in [4.69, 9.17) is 23.2 Å². The monoisotopic (exact) mass is 301 g/mol. The zero-order valence-electron chi connectivity index (χ0n) is 10.6. The molecular formula is C13H17Cl2N3O. The molecule has 1 aliphatic rings. The Labute approximate surface area is 123 Å². The Morgan fingerprint density at radius 3 is 2.95 bits per heavy atom. The lowest BCUT2D eigenvalue weighted by molar-refractivity contribution is -0.117. The molecule has 19 heavy (non-hydrogen) atoms. The van der Waals surface area contributed by atoms with Gasteiger partial charge in [0.15, 0.2) is 0 Å². The van der Waals surface area contributed by atoms with Gasteiger partial charge in [0.05, 0.1) is 17.3 Å². The largest absolute Gasteiger partial charge is 0.324 e. The highest BCUT2D eigenvalue weighted by molar-refractivity contribution is 6.36. The molecule has 0 aliphatic carbocycles. The fourth-order valence-electron chi connectivity index (χ4n) is 2.04. The molecule has 0 atom stereocenters. The van der Waals surface area contributed by atoms with Gasteiger partial charge in [0.2, 0.25) is 5.91 Å². The molecule has 1 aliphatic heterocycles. The predicted octanol–water partition coefficient (Wildman–Crippen LogP) is 2.23. The second-order valence-corrected chi connectivity index (χ2v) is 5.40. The van der Waals surface area contributed by atoms with E-state index in [-0.39, 0.29) is 5.91 Å². The molecule has 1 amide bonds. The lowest BCUT2D eigenvalue weighted by Crippen LogP contribution is -2.35. The Morgan fingerprint density at radius 1 is 1.32 bits per heavy atom. The van der Waals surface area contributed by atoms with Gasteiger partial charge in [-0.3, -0.25) is 9.69 Å². The van der Waals surface area contributed by atoms with Crippen molar-refractivity contribution in [1.29, 1.82) is 0 Å². The topological polar surface area (TPSA) is 44.4 Å². The SMILES string of the molecule is O=C(CN1CCCNCC1)Nc1ccc(Cl)cc1Cl. The van der Waals surface area contributed by atoms with Crippen LogP contribution >= 0.6 is 23.2 Å². The molecule has 1 heterocycles. The first-order valence-corrected chi connectivity index (χ1v) is 7.09. The number of nitrogens with zero attached hydrogens (tertiary/aromatic N) is 1. The van der Waals surface area contributed by atoms with Gasteiger partial charge >= 0.3 is 0 Å². The van der Waals surface area contributed by atoms with Crippen molar-refractivity contribution < 1.29 is 4.79 Å². The van der Waals surface area contributed by atoms with Gasteiger partial charge in [-0.2, -0.15) is 0 Å². The summed E-state index contributed by atoms with van der Waals surface area (Å²) in [5.41, 5.74) is 0.601. The Hall–Kier alpha value is -0.810. The minimum atomic E-state index is -0.0499. The van der Waals surface area contributed by atoms with Gasteiger partial charge in [0, 0.05) is 18.1 Å². The molecule has 0 aromatic heterocycles. The third kappa shape index (κ3) is 4.66. The number of carbonyl (C=O) groups excluding carboxylic acids is 1. The average molecular weight is 302 g/mol. The maximum atomic E-state index is 12.0. The second-order valence-electron chi connectivity index (χ2n) is 4.55. The number of benzene rings is 1. The Morgan fingerprint density at radius 2 is 2.16 bits per heavy atom. The van der Waals surface area contributed by atoms with Crippen LogP contribution in [0.4, 0.5) is 5.69 Å². The number of rotatable bonds is 3. The molecule has 4 nitrogen and oxygen atoms in total. The average Bonchev–Trinajstić information content (AvgIpc) is 2.61. The first-order chi connectivity index (χ1) is 9.15. The Kier molecular flexibility index (Phi) is 5.45. The summed E-state index contributed by atoms with van der Waals surface area (Å²) in [7, 11) is 0. The van der Waals surface area contributed by atoms with E-state index in [2.05, 4.69) is 15.5 Å². The van der Waals surface area contributed by atoms with Crippen LogP contribution < -0.4 is 10.6 Å². The molecule has 6 heteroatoms.